The van der Waals surface area contributed by atoms with Crippen LogP contribution in [0.5, 0.6) is 0 Å². The van der Waals surface area contributed by atoms with Gasteiger partial charge in [0.1, 0.15) is 5.82 Å². The van der Waals surface area contributed by atoms with Crippen molar-refractivity contribution in [1.29, 1.82) is 0 Å². The lowest BCUT2D eigenvalue weighted by Gasteiger charge is -2.43. The van der Waals surface area contributed by atoms with Gasteiger partial charge in [-0.2, -0.15) is 0 Å². The lowest BCUT2D eigenvalue weighted by atomic mass is 9.85. The van der Waals surface area contributed by atoms with E-state index in [-0.39, 0.29) is 11.4 Å². The van der Waals surface area contributed by atoms with Crippen LogP contribution in [0.25, 0.3) is 0 Å². The largest absolute Gasteiger partial charge is 0.391 e. The standard InChI is InChI=1S/C16H25ClFNO/c1-5-16(4,19(6-2)7-3)15(20)10-12-8-9-13(17)11-14(12)18/h8-9,11,15,20H,5-7,10H2,1-4H3. The highest BCUT2D eigenvalue weighted by Gasteiger charge is 2.36. The number of rotatable bonds is 7. The summed E-state index contributed by atoms with van der Waals surface area (Å²) in [4.78, 5) is 2.23. The number of aliphatic hydroxyl groups excluding tert-OH is 1. The van der Waals surface area contributed by atoms with Crippen LogP contribution in [0.1, 0.15) is 39.7 Å². The fourth-order valence-corrected chi connectivity index (χ4v) is 2.89. The molecule has 0 bridgehead atoms. The summed E-state index contributed by atoms with van der Waals surface area (Å²) in [5.74, 6) is -0.352. The highest BCUT2D eigenvalue weighted by Crippen LogP contribution is 2.27. The summed E-state index contributed by atoms with van der Waals surface area (Å²) >= 11 is 5.76. The van der Waals surface area contributed by atoms with Gasteiger partial charge in [-0.15, -0.1) is 0 Å². The topological polar surface area (TPSA) is 23.5 Å². The minimum absolute atomic E-state index is 0.295. The minimum atomic E-state index is -0.622. The summed E-state index contributed by atoms with van der Waals surface area (Å²) in [7, 11) is 0. The molecule has 0 aliphatic carbocycles. The first-order valence-corrected chi connectivity index (χ1v) is 7.63. The zero-order chi connectivity index (χ0) is 15.3. The molecule has 0 amide bonds. The van der Waals surface area contributed by atoms with Gasteiger partial charge in [-0.25, -0.2) is 4.39 Å². The zero-order valence-electron chi connectivity index (χ0n) is 12.8. The molecule has 4 heteroatoms. The highest BCUT2D eigenvalue weighted by atomic mass is 35.5. The van der Waals surface area contributed by atoms with Gasteiger partial charge in [-0.1, -0.05) is 38.4 Å². The van der Waals surface area contributed by atoms with Crippen LogP contribution in [0, 0.1) is 5.82 Å². The fourth-order valence-electron chi connectivity index (χ4n) is 2.73. The Morgan fingerprint density at radius 1 is 1.30 bits per heavy atom. The van der Waals surface area contributed by atoms with Gasteiger partial charge in [0.15, 0.2) is 0 Å². The van der Waals surface area contributed by atoms with E-state index >= 15 is 0 Å². The number of nitrogens with zero attached hydrogens (tertiary/aromatic N) is 1. The number of likely N-dealkylation sites (N-methyl/N-ethyl adjacent to an activating group) is 1. The molecule has 114 valence electrons. The van der Waals surface area contributed by atoms with E-state index in [1.807, 2.05) is 6.92 Å². The summed E-state index contributed by atoms with van der Waals surface area (Å²) in [5, 5.41) is 11.0. The van der Waals surface area contributed by atoms with E-state index in [9.17, 15) is 9.50 Å². The van der Waals surface area contributed by atoms with Gasteiger partial charge in [0.2, 0.25) is 0 Å². The maximum absolute atomic E-state index is 13.9. The van der Waals surface area contributed by atoms with Crippen LogP contribution in [-0.4, -0.2) is 34.7 Å². The highest BCUT2D eigenvalue weighted by molar-refractivity contribution is 6.30. The third-order valence-electron chi connectivity index (χ3n) is 4.35. The van der Waals surface area contributed by atoms with Gasteiger partial charge >= 0.3 is 0 Å². The van der Waals surface area contributed by atoms with Crippen molar-refractivity contribution in [1.82, 2.24) is 4.90 Å². The van der Waals surface area contributed by atoms with Crippen molar-refractivity contribution >= 4 is 11.6 Å². The lowest BCUT2D eigenvalue weighted by Crippen LogP contribution is -2.55. The molecule has 2 atom stereocenters. The summed E-state index contributed by atoms with van der Waals surface area (Å²) in [6.45, 7) is 9.97. The number of benzene rings is 1. The Morgan fingerprint density at radius 2 is 1.90 bits per heavy atom. The predicted molar refractivity (Wildman–Crippen MR) is 82.7 cm³/mol. The van der Waals surface area contributed by atoms with E-state index in [1.165, 1.54) is 6.07 Å². The van der Waals surface area contributed by atoms with E-state index in [0.717, 1.165) is 19.5 Å². The van der Waals surface area contributed by atoms with Gasteiger partial charge in [-0.3, -0.25) is 4.90 Å². The number of halogens is 2. The Kier molecular flexibility index (Phi) is 6.44. The van der Waals surface area contributed by atoms with Crippen LogP contribution < -0.4 is 0 Å². The van der Waals surface area contributed by atoms with Crippen molar-refractivity contribution in [3.05, 3.63) is 34.6 Å². The molecule has 0 radical (unpaired) electrons. The van der Waals surface area contributed by atoms with Gasteiger partial charge in [0.25, 0.3) is 0 Å². The average Bonchev–Trinajstić information content (AvgIpc) is 2.42. The maximum Gasteiger partial charge on any atom is 0.127 e. The van der Waals surface area contributed by atoms with Gasteiger partial charge in [0.05, 0.1) is 6.10 Å². The first-order valence-electron chi connectivity index (χ1n) is 7.26. The molecule has 1 aromatic rings. The smallest absolute Gasteiger partial charge is 0.127 e. The Hall–Kier alpha value is -0.640. The van der Waals surface area contributed by atoms with E-state index in [4.69, 9.17) is 11.6 Å². The lowest BCUT2D eigenvalue weighted by molar-refractivity contribution is -0.0193. The molecule has 0 aromatic heterocycles. The van der Waals surface area contributed by atoms with Gasteiger partial charge in [-0.05, 0) is 44.1 Å². The molecule has 0 spiro atoms. The van der Waals surface area contributed by atoms with Gasteiger partial charge in [0, 0.05) is 17.0 Å². The molecule has 0 aliphatic heterocycles. The summed E-state index contributed by atoms with van der Waals surface area (Å²) in [5.41, 5.74) is 0.156. The second-order valence-corrected chi connectivity index (χ2v) is 5.78. The van der Waals surface area contributed by atoms with Crippen LogP contribution in [0.3, 0.4) is 0 Å². The monoisotopic (exact) mass is 301 g/mol. The summed E-state index contributed by atoms with van der Waals surface area (Å²) in [6.07, 6.45) is 0.484. The molecule has 1 N–H and O–H groups in total. The van der Waals surface area contributed by atoms with Crippen LogP contribution in [0.2, 0.25) is 5.02 Å². The van der Waals surface area contributed by atoms with Gasteiger partial charge < -0.3 is 5.11 Å². The normalized spacial score (nSPS) is 16.2. The maximum atomic E-state index is 13.9. The molecule has 0 fully saturated rings. The van der Waals surface area contributed by atoms with E-state index in [2.05, 4.69) is 25.7 Å². The van der Waals surface area contributed by atoms with Crippen molar-refractivity contribution in [2.24, 2.45) is 0 Å². The van der Waals surface area contributed by atoms with Crippen LogP contribution >= 0.6 is 11.6 Å². The molecular weight excluding hydrogens is 277 g/mol. The zero-order valence-corrected chi connectivity index (χ0v) is 13.5. The van der Waals surface area contributed by atoms with Crippen molar-refractivity contribution < 1.29 is 9.50 Å². The van der Waals surface area contributed by atoms with E-state index < -0.39 is 6.10 Å². The van der Waals surface area contributed by atoms with Crippen molar-refractivity contribution in [2.45, 2.75) is 52.2 Å². The molecule has 0 heterocycles. The third kappa shape index (κ3) is 3.72. The predicted octanol–water partition coefficient (Wildman–Crippen LogP) is 3.89. The molecule has 1 aromatic carbocycles. The summed E-state index contributed by atoms with van der Waals surface area (Å²) < 4.78 is 13.9. The summed E-state index contributed by atoms with van der Waals surface area (Å²) in [6, 6.07) is 4.61. The number of hydrogen-bond donors (Lipinski definition) is 1. The second-order valence-electron chi connectivity index (χ2n) is 5.34. The molecule has 0 aliphatic rings. The molecular formula is C16H25ClFNO. The van der Waals surface area contributed by atoms with E-state index in [0.29, 0.717) is 17.0 Å². The van der Waals surface area contributed by atoms with Crippen LogP contribution in [0.4, 0.5) is 4.39 Å². The third-order valence-corrected chi connectivity index (χ3v) is 4.58. The molecule has 20 heavy (non-hydrogen) atoms. The quantitative estimate of drug-likeness (QED) is 0.826. The number of aliphatic hydroxyl groups is 1. The second kappa shape index (κ2) is 7.39. The molecule has 0 saturated heterocycles. The van der Waals surface area contributed by atoms with E-state index in [1.54, 1.807) is 12.1 Å². The fraction of sp³-hybridized carbons (Fsp3) is 0.625. The molecule has 2 nitrogen and oxygen atoms in total. The van der Waals surface area contributed by atoms with Crippen LogP contribution in [0.15, 0.2) is 18.2 Å². The van der Waals surface area contributed by atoms with Crippen LogP contribution in [-0.2, 0) is 6.42 Å². The Balaban J connectivity index is 2.94. The Morgan fingerprint density at radius 3 is 2.35 bits per heavy atom. The molecule has 1 rings (SSSR count). The van der Waals surface area contributed by atoms with Crippen molar-refractivity contribution in [2.75, 3.05) is 13.1 Å². The van der Waals surface area contributed by atoms with Crippen molar-refractivity contribution in [3.63, 3.8) is 0 Å². The first-order chi connectivity index (χ1) is 9.38. The average molecular weight is 302 g/mol. The SMILES string of the molecule is CCN(CC)C(C)(CC)C(O)Cc1ccc(Cl)cc1F. The first kappa shape index (κ1) is 17.4. The Bertz CT molecular complexity index is 436. The Labute approximate surface area is 126 Å². The van der Waals surface area contributed by atoms with Crippen molar-refractivity contribution in [3.8, 4) is 0 Å². The minimum Gasteiger partial charge on any atom is -0.391 e. The molecule has 0 saturated carbocycles. The number of hydrogen-bond acceptors (Lipinski definition) is 2. The molecule has 2 unspecified atom stereocenters.